The van der Waals surface area contributed by atoms with Crippen LogP contribution in [0.2, 0.25) is 0 Å². The number of nitrogens with two attached hydrogens (primary N) is 1. The number of halogens is 8. The Kier molecular flexibility index (Phi) is 31.2. The number of carbonyl (C=O) groups excluding carboxylic acids is 2. The van der Waals surface area contributed by atoms with Gasteiger partial charge < -0.3 is 36.2 Å². The van der Waals surface area contributed by atoms with E-state index in [4.69, 9.17) is 26.6 Å². The third-order valence-electron chi connectivity index (χ3n) is 17.6. The monoisotopic (exact) mass is 1680 g/mol. The Morgan fingerprint density at radius 2 is 0.759 bits per heavy atom. The van der Waals surface area contributed by atoms with E-state index in [1.165, 1.54) is 82.3 Å². The van der Waals surface area contributed by atoms with Crippen molar-refractivity contribution in [2.24, 2.45) is 0 Å². The molecule has 4 aliphatic rings. The van der Waals surface area contributed by atoms with Gasteiger partial charge in [0.25, 0.3) is 35.0 Å². The first-order valence-electron chi connectivity index (χ1n) is 34.4. The van der Waals surface area contributed by atoms with Gasteiger partial charge in [0.05, 0.1) is 35.4 Å². The van der Waals surface area contributed by atoms with Crippen LogP contribution < -0.4 is 15.2 Å². The second-order valence-electron chi connectivity index (χ2n) is 26.5. The molecule has 10 aromatic carbocycles. The van der Waals surface area contributed by atoms with Crippen molar-refractivity contribution in [3.8, 4) is 0 Å². The zero-order valence-corrected chi connectivity index (χ0v) is 65.5. The van der Waals surface area contributed by atoms with E-state index >= 15 is 0 Å². The maximum Gasteiger partial charge on any atom is 0.335 e. The normalized spacial score (nSPS) is 14.5. The molecule has 1 aliphatic heterocycles. The van der Waals surface area contributed by atoms with Gasteiger partial charge in [-0.05, 0) is 211 Å². The molecule has 14 rings (SSSR count). The van der Waals surface area contributed by atoms with Crippen molar-refractivity contribution < 1.29 is 96.3 Å². The van der Waals surface area contributed by atoms with Crippen molar-refractivity contribution in [1.82, 2.24) is 4.90 Å². The van der Waals surface area contributed by atoms with Crippen LogP contribution in [0, 0.1) is 62.6 Å². The highest BCUT2D eigenvalue weighted by Gasteiger charge is 2.45. The molecule has 592 valence electrons. The first kappa shape index (κ1) is 89.0. The molecule has 9 N–H and O–H groups in total. The SMILES string of the molecule is Cc1cccc(Br)c1.Cc1cccc(C2(O)CCC2)c1.Cc1cccc(C2(O)CCC2)c1.Cc1cccc(C2(O)CN(C(=O)c3ccc(NS(=O)(=O)c4ccc(F)cc4F)cc3)C2)c1.Nc1ccc(C(=O)O)cc1.O=C(O)c1ccc(NS(=O)(=O)c2ccc(F)cc2F)cc1.O=C1CCC1.O=S(=O)(Cl)c1ccc(F)cc1F. The number of ketones is 1. The van der Waals surface area contributed by atoms with E-state index in [1.54, 1.807) is 12.1 Å². The Hall–Kier alpha value is -10.2. The molecule has 30 heteroatoms. The van der Waals surface area contributed by atoms with Crippen LogP contribution in [-0.2, 0) is 50.7 Å². The molecule has 0 atom stereocenters. The fourth-order valence-electron chi connectivity index (χ4n) is 10.9. The van der Waals surface area contributed by atoms with Crippen LogP contribution in [-0.4, -0.2) is 92.4 Å². The maximum atomic E-state index is 13.8. The lowest BCUT2D eigenvalue weighted by molar-refractivity contribution is -0.123. The number of aromatic carboxylic acids is 2. The minimum atomic E-state index is -4.27. The maximum absolute atomic E-state index is 13.8. The quantitative estimate of drug-likeness (QED) is 0.0302. The van der Waals surface area contributed by atoms with Crippen molar-refractivity contribution in [2.75, 3.05) is 28.3 Å². The lowest BCUT2D eigenvalue weighted by atomic mass is 9.75. The summed E-state index contributed by atoms with van der Waals surface area (Å²) in [6.07, 6.45) is 8.85. The van der Waals surface area contributed by atoms with Crippen LogP contribution >= 0.6 is 26.6 Å². The number of hydrogen-bond donors (Lipinski definition) is 8. The number of nitrogens with zero attached hydrogens (tertiary/aromatic N) is 1. The zero-order valence-electron chi connectivity index (χ0n) is 60.7. The second kappa shape index (κ2) is 39.3. The van der Waals surface area contributed by atoms with Gasteiger partial charge in [-0.3, -0.25) is 19.0 Å². The number of benzene rings is 10. The number of nitrogen functional groups attached to an aromatic ring is 1. The van der Waals surface area contributed by atoms with Crippen molar-refractivity contribution in [1.29, 1.82) is 0 Å². The summed E-state index contributed by atoms with van der Waals surface area (Å²) in [7, 11) is -7.80. The molecule has 19 nitrogen and oxygen atoms in total. The van der Waals surface area contributed by atoms with Crippen LogP contribution in [0.15, 0.2) is 244 Å². The standard InChI is InChI=1S/C23H20F2N2O4S.C13H9F2NO4S.2C11H14O.C7H7Br.C7H7NO2.C6H3ClF2O2S.C4H6O/c1-15-3-2-4-17(11-15)23(29)13-27(14-23)22(28)16-5-8-19(9-6-16)26-32(30,31)21-10-7-18(24)12-20(21)25;14-9-3-6-12(11(15)7-9)21(19,20)16-10-4-1-8(2-5-10)13(17)18;2*1-9-4-2-5-10(8-9)11(12)6-3-7-11;1-6-3-2-4-7(8)5-6;8-6-3-1-5(2-4-6)7(9)10;7-12(10,11)6-2-1-4(8)3-5(6)9;5-4-2-1-3-4/h2-12,26,29H,13-14H2,1H3;1-7,16H,(H,17,18);2*2,4-5,8,12H,3,6-7H2,1H3;2-5H,1H3;1-4H,8H2,(H,9,10);1-3H;1-3H2. The molecule has 0 spiro atoms. The van der Waals surface area contributed by atoms with Gasteiger partial charge >= 0.3 is 11.9 Å². The number of carbonyl (C=O) groups is 4. The average molecular weight is 1690 g/mol. The van der Waals surface area contributed by atoms with Crippen LogP contribution in [0.1, 0.15) is 128 Å². The number of carboxylic acids is 2. The predicted molar refractivity (Wildman–Crippen MR) is 418 cm³/mol. The van der Waals surface area contributed by atoms with E-state index in [0.29, 0.717) is 35.2 Å². The number of β-amino-alcohol motifs (C(OH)–C–C–N with tert-alkyl or cyclic N) is 1. The summed E-state index contributed by atoms with van der Waals surface area (Å²) in [5, 5.41) is 47.9. The molecule has 112 heavy (non-hydrogen) atoms. The third kappa shape index (κ3) is 26.2. The van der Waals surface area contributed by atoms with E-state index in [2.05, 4.69) is 82.5 Å². The lowest BCUT2D eigenvalue weighted by Gasteiger charge is -2.46. The Labute approximate surface area is 658 Å². The van der Waals surface area contributed by atoms with E-state index < -0.39 is 107 Å². The van der Waals surface area contributed by atoms with E-state index in [0.717, 1.165) is 121 Å². The number of Topliss-reactive ketones (excluding diaryl/α,β-unsaturated/α-hetero) is 1. The fraction of sp³-hybridized carbons (Fsp3) is 0.220. The number of carboxylic acid groups (broad SMARTS) is 2. The minimum absolute atomic E-state index is 0.0223. The summed E-state index contributed by atoms with van der Waals surface area (Å²) in [6.45, 7) is 8.41. The van der Waals surface area contributed by atoms with E-state index in [9.17, 15) is 86.1 Å². The number of hydrogen-bond acceptors (Lipinski definition) is 14. The van der Waals surface area contributed by atoms with Gasteiger partial charge in [0.1, 0.15) is 61.0 Å². The van der Waals surface area contributed by atoms with Crippen molar-refractivity contribution >= 4 is 96.4 Å². The first-order valence-corrected chi connectivity index (χ1v) is 40.4. The summed E-state index contributed by atoms with van der Waals surface area (Å²) in [4.78, 5) is 42.9. The van der Waals surface area contributed by atoms with Crippen molar-refractivity contribution in [3.05, 3.63) is 319 Å². The Morgan fingerprint density at radius 3 is 1.04 bits per heavy atom. The molecule has 0 unspecified atom stereocenters. The molecule has 0 bridgehead atoms. The summed E-state index contributed by atoms with van der Waals surface area (Å²) in [5.74, 6) is -8.20. The number of nitrogens with one attached hydrogen (secondary N) is 2. The highest BCUT2D eigenvalue weighted by molar-refractivity contribution is 9.10. The van der Waals surface area contributed by atoms with Gasteiger partial charge in [-0.25, -0.2) is 61.2 Å². The van der Waals surface area contributed by atoms with Gasteiger partial charge in [-0.2, -0.15) is 0 Å². The number of anilines is 3. The number of likely N-dealkylation sites (tertiary alicyclic amines) is 1. The molecule has 0 radical (unpaired) electrons. The van der Waals surface area contributed by atoms with E-state index in [-0.39, 0.29) is 41.5 Å². The van der Waals surface area contributed by atoms with Crippen molar-refractivity contribution in [2.45, 2.75) is 117 Å². The summed E-state index contributed by atoms with van der Waals surface area (Å²) in [5.41, 5.74) is 12.2. The van der Waals surface area contributed by atoms with Crippen LogP contribution in [0.3, 0.4) is 0 Å². The first-order chi connectivity index (χ1) is 52.6. The van der Waals surface area contributed by atoms with Gasteiger partial charge in [0, 0.05) is 68.8 Å². The highest BCUT2D eigenvalue weighted by atomic mass is 79.9. The average Bonchev–Trinajstić information content (AvgIpc) is 0.743. The Bertz CT molecular complexity index is 5250. The summed E-state index contributed by atoms with van der Waals surface area (Å²) in [6, 6.07) is 54.9. The summed E-state index contributed by atoms with van der Waals surface area (Å²) >= 11 is 3.36. The molecular weight excluding hydrogens is 1610 g/mol. The minimum Gasteiger partial charge on any atom is -0.478 e. The number of rotatable bonds is 13. The number of aryl methyl sites for hydroxylation is 4. The third-order valence-corrected chi connectivity index (χ3v) is 22.2. The predicted octanol–water partition coefficient (Wildman–Crippen LogP) is 17.0. The van der Waals surface area contributed by atoms with Crippen LogP contribution in [0.25, 0.3) is 0 Å². The largest absolute Gasteiger partial charge is 0.478 e. The molecule has 4 fully saturated rings. The van der Waals surface area contributed by atoms with Crippen molar-refractivity contribution in [3.63, 3.8) is 0 Å². The van der Waals surface area contributed by atoms with Gasteiger partial charge in [-0.15, -0.1) is 0 Å². The summed E-state index contributed by atoms with van der Waals surface area (Å²) < 4.78 is 153. The number of amides is 1. The number of aliphatic hydroxyl groups is 3. The molecule has 1 amide bonds. The van der Waals surface area contributed by atoms with Gasteiger partial charge in [0.15, 0.2) is 0 Å². The van der Waals surface area contributed by atoms with Gasteiger partial charge in [0.2, 0.25) is 0 Å². The van der Waals surface area contributed by atoms with E-state index in [1.807, 2.05) is 67.6 Å². The molecular formula is C82H80BrClF6N4O15S3. The molecule has 10 aromatic rings. The Balaban J connectivity index is 0.000000189. The molecule has 3 saturated carbocycles. The van der Waals surface area contributed by atoms with Crippen LogP contribution in [0.4, 0.5) is 43.4 Å². The Morgan fingerprint density at radius 1 is 0.438 bits per heavy atom. The molecule has 3 aliphatic carbocycles. The fourth-order valence-corrected chi connectivity index (χ4v) is 14.5. The zero-order chi connectivity index (χ0) is 82.5. The molecule has 1 saturated heterocycles. The van der Waals surface area contributed by atoms with Gasteiger partial charge in [-0.1, -0.05) is 123 Å². The lowest BCUT2D eigenvalue weighted by Crippen LogP contribution is -2.61. The second-order valence-corrected chi connectivity index (χ2v) is 33.3. The highest BCUT2D eigenvalue weighted by Crippen LogP contribution is 2.42. The topological polar surface area (TPSA) is 325 Å². The van der Waals surface area contributed by atoms with Crippen LogP contribution in [0.5, 0.6) is 0 Å². The number of sulfonamides is 2. The molecule has 1 heterocycles. The smallest absolute Gasteiger partial charge is 0.335 e. The molecule has 0 aromatic heterocycles.